The van der Waals surface area contributed by atoms with Crippen LogP contribution < -0.4 is 0 Å². The number of pyridine rings is 1. The Labute approximate surface area is 105 Å². The first kappa shape index (κ1) is 12.3. The van der Waals surface area contributed by atoms with Gasteiger partial charge in [-0.25, -0.2) is 0 Å². The van der Waals surface area contributed by atoms with Gasteiger partial charge < -0.3 is 4.98 Å². The second kappa shape index (κ2) is 4.27. The fourth-order valence-corrected chi connectivity index (χ4v) is 2.47. The zero-order valence-electron chi connectivity index (χ0n) is 8.76. The number of hydrogen-bond donors (Lipinski definition) is 1. The van der Waals surface area contributed by atoms with E-state index in [0.717, 1.165) is 22.6 Å². The van der Waals surface area contributed by atoms with Crippen LogP contribution in [0.3, 0.4) is 0 Å². The molecule has 90 valence electrons. The molecule has 0 radical (unpaired) electrons. The number of thiophene rings is 1. The lowest BCUT2D eigenvalue weighted by Crippen LogP contribution is -2.05. The Morgan fingerprint density at radius 3 is 2.53 bits per heavy atom. The molecule has 0 unspecified atom stereocenters. The average molecular weight is 275 g/mol. The average Bonchev–Trinajstić information content (AvgIpc) is 2.62. The lowest BCUT2D eigenvalue weighted by molar-refractivity contribution is -0.137. The van der Waals surface area contributed by atoms with E-state index >= 15 is 0 Å². The van der Waals surface area contributed by atoms with E-state index in [4.69, 9.17) is 12.2 Å². The lowest BCUT2D eigenvalue weighted by Gasteiger charge is -2.09. The number of aryl methyl sites for hydroxylation is 1. The van der Waals surface area contributed by atoms with Crippen LogP contribution in [0.1, 0.15) is 10.4 Å². The van der Waals surface area contributed by atoms with Gasteiger partial charge in [0.25, 0.3) is 0 Å². The molecule has 2 aromatic heterocycles. The lowest BCUT2D eigenvalue weighted by atomic mass is 10.1. The summed E-state index contributed by atoms with van der Waals surface area (Å²) < 4.78 is 38.0. The van der Waals surface area contributed by atoms with Crippen LogP contribution in [0.2, 0.25) is 0 Å². The SMILES string of the molecule is Cc1sccc1-c1cc(C(F)(F)F)cc(=S)[nH]1. The quantitative estimate of drug-likeness (QED) is 0.739. The van der Waals surface area contributed by atoms with Crippen molar-refractivity contribution in [1.82, 2.24) is 4.98 Å². The Morgan fingerprint density at radius 1 is 1.29 bits per heavy atom. The minimum absolute atomic E-state index is 0.0837. The Hall–Kier alpha value is -1.14. The summed E-state index contributed by atoms with van der Waals surface area (Å²) >= 11 is 6.30. The maximum atomic E-state index is 12.6. The Kier molecular flexibility index (Phi) is 3.09. The Morgan fingerprint density at radius 2 is 2.00 bits per heavy atom. The first-order chi connectivity index (χ1) is 7.88. The summed E-state index contributed by atoms with van der Waals surface area (Å²) in [4.78, 5) is 3.74. The Bertz CT molecular complexity index is 595. The molecular weight excluding hydrogens is 267 g/mol. The summed E-state index contributed by atoms with van der Waals surface area (Å²) in [6.07, 6.45) is -4.37. The van der Waals surface area contributed by atoms with Crippen molar-refractivity contribution in [3.05, 3.63) is 38.7 Å². The van der Waals surface area contributed by atoms with E-state index in [9.17, 15) is 13.2 Å². The van der Waals surface area contributed by atoms with Gasteiger partial charge in [-0.15, -0.1) is 11.3 Å². The van der Waals surface area contributed by atoms with E-state index < -0.39 is 11.7 Å². The number of aromatic nitrogens is 1. The number of halogens is 3. The second-order valence-electron chi connectivity index (χ2n) is 3.54. The van der Waals surface area contributed by atoms with Crippen LogP contribution in [0.25, 0.3) is 11.3 Å². The van der Waals surface area contributed by atoms with Gasteiger partial charge in [-0.05, 0) is 30.5 Å². The van der Waals surface area contributed by atoms with E-state index in [1.165, 1.54) is 11.3 Å². The van der Waals surface area contributed by atoms with E-state index in [0.29, 0.717) is 5.69 Å². The summed E-state index contributed by atoms with van der Waals surface area (Å²) in [5, 5.41) is 1.84. The Balaban J connectivity index is 2.61. The summed E-state index contributed by atoms with van der Waals surface area (Å²) in [7, 11) is 0. The molecular formula is C11H8F3NS2. The van der Waals surface area contributed by atoms with E-state index in [-0.39, 0.29) is 4.64 Å². The smallest absolute Gasteiger partial charge is 0.346 e. The van der Waals surface area contributed by atoms with Crippen LogP contribution in [-0.4, -0.2) is 4.98 Å². The molecule has 2 aromatic rings. The largest absolute Gasteiger partial charge is 0.416 e. The van der Waals surface area contributed by atoms with Gasteiger partial charge in [-0.2, -0.15) is 13.2 Å². The van der Waals surface area contributed by atoms with Gasteiger partial charge in [0.15, 0.2) is 0 Å². The van der Waals surface area contributed by atoms with Gasteiger partial charge in [-0.1, -0.05) is 12.2 Å². The van der Waals surface area contributed by atoms with Crippen LogP contribution in [-0.2, 0) is 6.18 Å². The third-order valence-electron chi connectivity index (χ3n) is 2.32. The van der Waals surface area contributed by atoms with Gasteiger partial charge in [0.2, 0.25) is 0 Å². The number of nitrogens with one attached hydrogen (secondary N) is 1. The maximum absolute atomic E-state index is 12.6. The molecule has 0 bridgehead atoms. The molecule has 2 rings (SSSR count). The number of hydrogen-bond acceptors (Lipinski definition) is 2. The highest BCUT2D eigenvalue weighted by atomic mass is 32.1. The molecule has 0 saturated heterocycles. The van der Waals surface area contributed by atoms with Crippen LogP contribution >= 0.6 is 23.6 Å². The predicted molar refractivity (Wildman–Crippen MR) is 64.7 cm³/mol. The summed E-state index contributed by atoms with van der Waals surface area (Å²) in [5.74, 6) is 0. The van der Waals surface area contributed by atoms with Crippen LogP contribution in [0.4, 0.5) is 13.2 Å². The standard InChI is InChI=1S/C11H8F3NS2/c1-6-8(2-3-17-6)9-4-7(11(12,13)14)5-10(16)15-9/h2-5H,1H3,(H,15,16). The maximum Gasteiger partial charge on any atom is 0.416 e. The van der Waals surface area contributed by atoms with Crippen molar-refractivity contribution in [2.75, 3.05) is 0 Å². The molecule has 6 heteroatoms. The van der Waals surface area contributed by atoms with Gasteiger partial charge in [0.1, 0.15) is 4.64 Å². The normalized spacial score (nSPS) is 11.8. The highest BCUT2D eigenvalue weighted by Gasteiger charge is 2.31. The van der Waals surface area contributed by atoms with Crippen LogP contribution in [0, 0.1) is 11.6 Å². The third kappa shape index (κ3) is 2.58. The zero-order chi connectivity index (χ0) is 12.6. The molecule has 1 N–H and O–H groups in total. The zero-order valence-corrected chi connectivity index (χ0v) is 10.4. The fraction of sp³-hybridized carbons (Fsp3) is 0.182. The van der Waals surface area contributed by atoms with Gasteiger partial charge in [-0.3, -0.25) is 0 Å². The highest BCUT2D eigenvalue weighted by molar-refractivity contribution is 7.71. The van der Waals surface area contributed by atoms with Gasteiger partial charge >= 0.3 is 6.18 Å². The summed E-state index contributed by atoms with van der Waals surface area (Å²) in [6.45, 7) is 1.86. The van der Waals surface area contributed by atoms with Crippen molar-refractivity contribution in [2.45, 2.75) is 13.1 Å². The molecule has 0 saturated carbocycles. The van der Waals surface area contributed by atoms with Gasteiger partial charge in [0, 0.05) is 16.1 Å². The number of rotatable bonds is 1. The second-order valence-corrected chi connectivity index (χ2v) is 5.10. The molecule has 0 aliphatic carbocycles. The summed E-state index contributed by atoms with van der Waals surface area (Å²) in [5.41, 5.74) is 0.442. The monoisotopic (exact) mass is 275 g/mol. The van der Waals surface area contributed by atoms with Crippen molar-refractivity contribution in [3.63, 3.8) is 0 Å². The predicted octanol–water partition coefficient (Wildman–Crippen LogP) is 4.80. The molecule has 0 atom stereocenters. The van der Waals surface area contributed by atoms with E-state index in [2.05, 4.69) is 4.98 Å². The van der Waals surface area contributed by atoms with Crippen molar-refractivity contribution < 1.29 is 13.2 Å². The molecule has 0 amide bonds. The third-order valence-corrected chi connectivity index (χ3v) is 3.39. The van der Waals surface area contributed by atoms with E-state index in [1.807, 2.05) is 12.3 Å². The molecule has 2 heterocycles. The number of alkyl halides is 3. The first-order valence-corrected chi connectivity index (χ1v) is 6.03. The van der Waals surface area contributed by atoms with Crippen molar-refractivity contribution in [1.29, 1.82) is 0 Å². The fourth-order valence-electron chi connectivity index (χ4n) is 1.52. The minimum atomic E-state index is -4.37. The van der Waals surface area contributed by atoms with Crippen LogP contribution in [0.5, 0.6) is 0 Å². The van der Waals surface area contributed by atoms with Crippen molar-refractivity contribution in [3.8, 4) is 11.3 Å². The molecule has 1 nitrogen and oxygen atoms in total. The molecule has 0 spiro atoms. The molecule has 0 aliphatic rings. The van der Waals surface area contributed by atoms with E-state index in [1.54, 1.807) is 6.07 Å². The first-order valence-electron chi connectivity index (χ1n) is 4.74. The van der Waals surface area contributed by atoms with Crippen molar-refractivity contribution >= 4 is 23.6 Å². The molecule has 0 aromatic carbocycles. The van der Waals surface area contributed by atoms with Gasteiger partial charge in [0.05, 0.1) is 5.56 Å². The number of aromatic amines is 1. The topological polar surface area (TPSA) is 15.8 Å². The molecule has 17 heavy (non-hydrogen) atoms. The van der Waals surface area contributed by atoms with Crippen LogP contribution in [0.15, 0.2) is 23.6 Å². The minimum Gasteiger partial charge on any atom is -0.346 e. The summed E-state index contributed by atoms with van der Waals surface area (Å²) in [6, 6.07) is 3.80. The van der Waals surface area contributed by atoms with Crippen molar-refractivity contribution in [2.24, 2.45) is 0 Å². The molecule has 0 fully saturated rings. The molecule has 0 aliphatic heterocycles. The number of H-pyrrole nitrogens is 1. The highest BCUT2D eigenvalue weighted by Crippen LogP contribution is 2.33.